The lowest BCUT2D eigenvalue weighted by Crippen LogP contribution is -1.94. The number of nitrogen functional groups attached to an aromatic ring is 1. The molecule has 1 aromatic heterocycles. The van der Waals surface area contributed by atoms with Gasteiger partial charge in [-0.15, -0.1) is 0 Å². The number of aromatic nitrogens is 1. The van der Waals surface area contributed by atoms with Crippen molar-refractivity contribution >= 4 is 27.5 Å². The smallest absolute Gasteiger partial charge is 0.0544 e. The van der Waals surface area contributed by atoms with Crippen LogP contribution in [0.5, 0.6) is 0 Å². The number of rotatable bonds is 1. The Morgan fingerprint density at radius 2 is 1.44 bits per heavy atom. The van der Waals surface area contributed by atoms with Crippen LogP contribution in [-0.2, 0) is 6.42 Å². The Labute approximate surface area is 157 Å². The molecule has 4 aromatic carbocycles. The van der Waals surface area contributed by atoms with Crippen molar-refractivity contribution in [2.24, 2.45) is 0 Å². The minimum atomic E-state index is 0.788. The van der Waals surface area contributed by atoms with Gasteiger partial charge in [-0.2, -0.15) is 0 Å². The number of anilines is 1. The topological polar surface area (TPSA) is 30.9 Å². The zero-order valence-electron chi connectivity index (χ0n) is 14.8. The Kier molecular flexibility index (Phi) is 2.84. The van der Waals surface area contributed by atoms with Crippen LogP contribution in [0.1, 0.15) is 11.1 Å². The van der Waals surface area contributed by atoms with Crippen LogP contribution in [0.4, 0.5) is 5.69 Å². The third-order valence-corrected chi connectivity index (χ3v) is 5.77. The number of nitrogens with zero attached hydrogens (tertiary/aromatic N) is 1. The van der Waals surface area contributed by atoms with Gasteiger partial charge < -0.3 is 10.3 Å². The van der Waals surface area contributed by atoms with Crippen LogP contribution in [-0.4, -0.2) is 4.57 Å². The minimum Gasteiger partial charge on any atom is -0.399 e. The number of benzene rings is 4. The van der Waals surface area contributed by atoms with Crippen LogP contribution in [0.15, 0.2) is 84.9 Å². The number of hydrogen-bond donors (Lipinski definition) is 1. The van der Waals surface area contributed by atoms with Crippen LogP contribution in [0.3, 0.4) is 0 Å². The largest absolute Gasteiger partial charge is 0.399 e. The van der Waals surface area contributed by atoms with Crippen LogP contribution in [0.25, 0.3) is 38.6 Å². The molecule has 0 atom stereocenters. The molecule has 1 heterocycles. The highest BCUT2D eigenvalue weighted by Gasteiger charge is 2.23. The van der Waals surface area contributed by atoms with E-state index in [0.717, 1.165) is 17.8 Å². The first-order chi connectivity index (χ1) is 13.3. The summed E-state index contributed by atoms with van der Waals surface area (Å²) in [5.74, 6) is 0. The van der Waals surface area contributed by atoms with E-state index >= 15 is 0 Å². The van der Waals surface area contributed by atoms with Crippen molar-refractivity contribution in [1.82, 2.24) is 4.57 Å². The molecule has 0 aliphatic heterocycles. The van der Waals surface area contributed by atoms with Crippen LogP contribution in [0.2, 0.25) is 0 Å². The van der Waals surface area contributed by atoms with E-state index in [4.69, 9.17) is 5.73 Å². The number of fused-ring (bicyclic) bond motifs is 7. The Hall–Kier alpha value is -3.52. The van der Waals surface area contributed by atoms with E-state index in [-0.39, 0.29) is 0 Å². The Morgan fingerprint density at radius 3 is 2.33 bits per heavy atom. The number of hydrogen-bond acceptors (Lipinski definition) is 1. The average molecular weight is 346 g/mol. The molecule has 0 amide bonds. The quantitative estimate of drug-likeness (QED) is 0.367. The highest BCUT2D eigenvalue weighted by molar-refractivity contribution is 6.13. The standard InChI is InChI=1S/C25H18N2/c26-17-9-11-18(12-10-17)27-23-8-4-3-7-21(23)25-22-15-16-5-1-2-6-19(16)20(22)13-14-24(25)27/h1-14H,15,26H2. The van der Waals surface area contributed by atoms with E-state index in [1.165, 1.54) is 44.1 Å². The van der Waals surface area contributed by atoms with Gasteiger partial charge in [0.15, 0.2) is 0 Å². The Morgan fingerprint density at radius 1 is 0.667 bits per heavy atom. The van der Waals surface area contributed by atoms with Gasteiger partial charge >= 0.3 is 0 Å². The van der Waals surface area contributed by atoms with Crippen molar-refractivity contribution in [2.45, 2.75) is 6.42 Å². The second-order valence-corrected chi connectivity index (χ2v) is 7.26. The molecule has 0 radical (unpaired) electrons. The predicted molar refractivity (Wildman–Crippen MR) is 113 cm³/mol. The SMILES string of the molecule is Nc1ccc(-n2c3ccccc3c3c4c(ccc32)-c2ccccc2C4)cc1. The second kappa shape index (κ2) is 5.24. The van der Waals surface area contributed by atoms with Gasteiger partial charge in [-0.25, -0.2) is 0 Å². The summed E-state index contributed by atoms with van der Waals surface area (Å²) < 4.78 is 2.35. The molecule has 128 valence electrons. The van der Waals surface area contributed by atoms with Crippen LogP contribution < -0.4 is 5.73 Å². The fraction of sp³-hybridized carbons (Fsp3) is 0.0400. The molecule has 27 heavy (non-hydrogen) atoms. The van der Waals surface area contributed by atoms with Crippen molar-refractivity contribution in [1.29, 1.82) is 0 Å². The van der Waals surface area contributed by atoms with Crippen molar-refractivity contribution in [2.75, 3.05) is 5.73 Å². The van der Waals surface area contributed by atoms with Gasteiger partial charge in [0, 0.05) is 22.1 Å². The molecule has 2 nitrogen and oxygen atoms in total. The minimum absolute atomic E-state index is 0.788. The predicted octanol–water partition coefficient (Wildman–Crippen LogP) is 5.94. The van der Waals surface area contributed by atoms with Crippen molar-refractivity contribution in [3.63, 3.8) is 0 Å². The Bertz CT molecular complexity index is 1340. The van der Waals surface area contributed by atoms with Gasteiger partial charge in [-0.1, -0.05) is 48.5 Å². The first-order valence-corrected chi connectivity index (χ1v) is 9.30. The van der Waals surface area contributed by atoms with Gasteiger partial charge in [0.2, 0.25) is 0 Å². The summed E-state index contributed by atoms with van der Waals surface area (Å²) in [5.41, 5.74) is 16.0. The highest BCUT2D eigenvalue weighted by Crippen LogP contribution is 2.44. The number of nitrogens with two attached hydrogens (primary N) is 1. The van der Waals surface area contributed by atoms with Gasteiger partial charge in [0.25, 0.3) is 0 Å². The lowest BCUT2D eigenvalue weighted by Gasteiger charge is -2.09. The van der Waals surface area contributed by atoms with E-state index in [1.54, 1.807) is 0 Å². The molecule has 0 unspecified atom stereocenters. The summed E-state index contributed by atoms with van der Waals surface area (Å²) in [6.45, 7) is 0. The molecule has 1 aliphatic carbocycles. The molecule has 0 spiro atoms. The summed E-state index contributed by atoms with van der Waals surface area (Å²) in [7, 11) is 0. The molecule has 0 saturated heterocycles. The third kappa shape index (κ3) is 1.95. The second-order valence-electron chi connectivity index (χ2n) is 7.26. The fourth-order valence-corrected chi connectivity index (χ4v) is 4.60. The van der Waals surface area contributed by atoms with Crippen LogP contribution >= 0.6 is 0 Å². The zero-order chi connectivity index (χ0) is 18.0. The highest BCUT2D eigenvalue weighted by atomic mass is 15.0. The molecule has 1 aliphatic rings. The van der Waals surface area contributed by atoms with Gasteiger partial charge in [0.05, 0.1) is 11.0 Å². The van der Waals surface area contributed by atoms with E-state index in [9.17, 15) is 0 Å². The molecular weight excluding hydrogens is 328 g/mol. The lowest BCUT2D eigenvalue weighted by molar-refractivity contribution is 1.18. The molecule has 0 bridgehead atoms. The summed E-state index contributed by atoms with van der Waals surface area (Å²) >= 11 is 0. The molecule has 0 fully saturated rings. The monoisotopic (exact) mass is 346 g/mol. The molecule has 0 saturated carbocycles. The fourth-order valence-electron chi connectivity index (χ4n) is 4.60. The van der Waals surface area contributed by atoms with Crippen molar-refractivity contribution in [3.8, 4) is 16.8 Å². The molecule has 6 rings (SSSR count). The third-order valence-electron chi connectivity index (χ3n) is 5.77. The molecule has 5 aromatic rings. The van der Waals surface area contributed by atoms with Crippen LogP contribution in [0, 0.1) is 0 Å². The summed E-state index contributed by atoms with van der Waals surface area (Å²) in [5, 5.41) is 2.69. The van der Waals surface area contributed by atoms with Crippen molar-refractivity contribution in [3.05, 3.63) is 96.1 Å². The maximum atomic E-state index is 5.92. The van der Waals surface area contributed by atoms with E-state index in [1.807, 2.05) is 12.1 Å². The molecular formula is C25H18N2. The summed E-state index contributed by atoms with van der Waals surface area (Å²) in [6, 6.07) is 30.2. The molecule has 2 N–H and O–H groups in total. The summed E-state index contributed by atoms with van der Waals surface area (Å²) in [6.07, 6.45) is 0.999. The molecule has 2 heteroatoms. The summed E-state index contributed by atoms with van der Waals surface area (Å²) in [4.78, 5) is 0. The Balaban J connectivity index is 1.75. The average Bonchev–Trinajstić information content (AvgIpc) is 3.24. The van der Waals surface area contributed by atoms with Gasteiger partial charge in [-0.3, -0.25) is 0 Å². The normalized spacial score (nSPS) is 12.4. The zero-order valence-corrected chi connectivity index (χ0v) is 14.8. The van der Waals surface area contributed by atoms with Gasteiger partial charge in [0.1, 0.15) is 0 Å². The maximum absolute atomic E-state index is 5.92. The van der Waals surface area contributed by atoms with E-state index in [0.29, 0.717) is 0 Å². The maximum Gasteiger partial charge on any atom is 0.0544 e. The lowest BCUT2D eigenvalue weighted by atomic mass is 10.0. The number of para-hydroxylation sites is 1. The first-order valence-electron chi connectivity index (χ1n) is 9.30. The van der Waals surface area contributed by atoms with Crippen molar-refractivity contribution < 1.29 is 0 Å². The first kappa shape index (κ1) is 14.6. The van der Waals surface area contributed by atoms with Gasteiger partial charge in [-0.05, 0) is 65.1 Å². The van der Waals surface area contributed by atoms with E-state index < -0.39 is 0 Å². The van der Waals surface area contributed by atoms with E-state index in [2.05, 4.69) is 77.4 Å².